The van der Waals surface area contributed by atoms with Crippen LogP contribution in [0.4, 0.5) is 10.1 Å². The van der Waals surface area contributed by atoms with Crippen LogP contribution in [0.25, 0.3) is 5.69 Å². The molecule has 0 saturated carbocycles. The fourth-order valence-electron chi connectivity index (χ4n) is 2.55. The molecular formula is C16H20FN5O3. The maximum absolute atomic E-state index is 14.0. The van der Waals surface area contributed by atoms with E-state index < -0.39 is 17.8 Å². The number of aryl methyl sites for hydroxylation is 1. The zero-order valence-corrected chi connectivity index (χ0v) is 14.1. The van der Waals surface area contributed by atoms with E-state index in [9.17, 15) is 9.18 Å². The lowest BCUT2D eigenvalue weighted by molar-refractivity contribution is -0.128. The molecule has 25 heavy (non-hydrogen) atoms. The fraction of sp³-hybridized carbons (Fsp3) is 0.500. The quantitative estimate of drug-likeness (QED) is 0.852. The Morgan fingerprint density at radius 2 is 2.40 bits per heavy atom. The number of nitrogens with one attached hydrogen (secondary N) is 1. The van der Waals surface area contributed by atoms with Crippen molar-refractivity contribution < 1.29 is 18.7 Å². The number of nitrogens with zero attached hydrogens (tertiary/aromatic N) is 4. The minimum Gasteiger partial charge on any atom is -0.376 e. The van der Waals surface area contributed by atoms with Gasteiger partial charge in [0, 0.05) is 6.61 Å². The van der Waals surface area contributed by atoms with E-state index in [-0.39, 0.29) is 11.8 Å². The molecule has 1 fully saturated rings. The third kappa shape index (κ3) is 4.18. The minimum atomic E-state index is -0.720. The average Bonchev–Trinajstić information content (AvgIpc) is 3.26. The molecule has 1 aliphatic rings. The van der Waals surface area contributed by atoms with Crippen molar-refractivity contribution in [2.75, 3.05) is 18.5 Å². The lowest BCUT2D eigenvalue weighted by atomic mass is 10.2. The molecule has 2 aromatic rings. The van der Waals surface area contributed by atoms with E-state index in [2.05, 4.69) is 20.8 Å². The van der Waals surface area contributed by atoms with Gasteiger partial charge in [0.25, 0.3) is 5.91 Å². The van der Waals surface area contributed by atoms with Crippen LogP contribution in [-0.2, 0) is 14.3 Å². The predicted octanol–water partition coefficient (Wildman–Crippen LogP) is 1.63. The first-order valence-corrected chi connectivity index (χ1v) is 8.13. The van der Waals surface area contributed by atoms with Gasteiger partial charge in [-0.15, -0.1) is 5.10 Å². The number of tetrazole rings is 1. The second-order valence-corrected chi connectivity index (χ2v) is 5.90. The Balaban J connectivity index is 1.64. The molecule has 0 spiro atoms. The van der Waals surface area contributed by atoms with Gasteiger partial charge in [-0.3, -0.25) is 4.79 Å². The molecule has 8 nitrogen and oxygen atoms in total. The molecule has 1 saturated heterocycles. The van der Waals surface area contributed by atoms with Crippen LogP contribution in [-0.4, -0.2) is 51.5 Å². The number of anilines is 1. The predicted molar refractivity (Wildman–Crippen MR) is 86.9 cm³/mol. The Morgan fingerprint density at radius 3 is 3.08 bits per heavy atom. The third-order valence-electron chi connectivity index (χ3n) is 4.00. The van der Waals surface area contributed by atoms with E-state index in [1.54, 1.807) is 13.8 Å². The molecule has 0 bridgehead atoms. The maximum atomic E-state index is 14.0. The SMILES string of the molecule is Cc1nnnn1-c1ccc(F)c(NC(=O)C(C)OCC2CCCO2)c1. The second kappa shape index (κ2) is 7.66. The number of carbonyl (C=O) groups is 1. The number of amides is 1. The molecule has 1 amide bonds. The van der Waals surface area contributed by atoms with Gasteiger partial charge in [-0.05, 0) is 55.3 Å². The number of hydrogen-bond acceptors (Lipinski definition) is 6. The van der Waals surface area contributed by atoms with Gasteiger partial charge in [-0.2, -0.15) is 4.68 Å². The summed E-state index contributed by atoms with van der Waals surface area (Å²) in [5.41, 5.74) is 0.595. The van der Waals surface area contributed by atoms with Crippen molar-refractivity contribution in [2.45, 2.75) is 38.9 Å². The summed E-state index contributed by atoms with van der Waals surface area (Å²) in [5, 5.41) is 13.7. The van der Waals surface area contributed by atoms with Gasteiger partial charge in [0.05, 0.1) is 24.1 Å². The number of hydrogen-bond donors (Lipinski definition) is 1. The van der Waals surface area contributed by atoms with Crippen LogP contribution in [0.15, 0.2) is 18.2 Å². The Hall–Kier alpha value is -2.39. The monoisotopic (exact) mass is 349 g/mol. The smallest absolute Gasteiger partial charge is 0.253 e. The molecule has 3 rings (SSSR count). The zero-order valence-electron chi connectivity index (χ0n) is 14.1. The van der Waals surface area contributed by atoms with Crippen LogP contribution in [0.3, 0.4) is 0 Å². The number of aromatic nitrogens is 4. The van der Waals surface area contributed by atoms with E-state index in [0.29, 0.717) is 18.1 Å². The van der Waals surface area contributed by atoms with Gasteiger partial charge in [0.2, 0.25) is 0 Å². The van der Waals surface area contributed by atoms with Crippen molar-refractivity contribution >= 4 is 11.6 Å². The number of rotatable bonds is 6. The van der Waals surface area contributed by atoms with Crippen molar-refractivity contribution in [1.82, 2.24) is 20.2 Å². The summed E-state index contributed by atoms with van der Waals surface area (Å²) in [4.78, 5) is 12.2. The van der Waals surface area contributed by atoms with E-state index in [1.165, 1.54) is 22.9 Å². The summed E-state index contributed by atoms with van der Waals surface area (Å²) in [7, 11) is 0. The number of ether oxygens (including phenoxy) is 2. The Kier molecular flexibility index (Phi) is 5.34. The summed E-state index contributed by atoms with van der Waals surface area (Å²) in [6.07, 6.45) is 1.24. The molecule has 9 heteroatoms. The van der Waals surface area contributed by atoms with Crippen LogP contribution in [0.1, 0.15) is 25.6 Å². The topological polar surface area (TPSA) is 91.2 Å². The third-order valence-corrected chi connectivity index (χ3v) is 4.00. The highest BCUT2D eigenvalue weighted by molar-refractivity contribution is 5.94. The Bertz CT molecular complexity index is 745. The van der Waals surface area contributed by atoms with Gasteiger partial charge in [-0.25, -0.2) is 4.39 Å². The standard InChI is InChI=1S/C16H20FN5O3/c1-10(25-9-13-4-3-7-24-13)16(23)18-15-8-12(5-6-14(15)17)22-11(2)19-20-21-22/h5-6,8,10,13H,3-4,7,9H2,1-2H3,(H,18,23). The summed E-state index contributed by atoms with van der Waals surface area (Å²) in [5.74, 6) is -0.422. The molecule has 2 heterocycles. The van der Waals surface area contributed by atoms with Crippen molar-refractivity contribution in [3.05, 3.63) is 29.8 Å². The molecule has 2 unspecified atom stereocenters. The number of carbonyl (C=O) groups excluding carboxylic acids is 1. The van der Waals surface area contributed by atoms with Crippen molar-refractivity contribution in [2.24, 2.45) is 0 Å². The van der Waals surface area contributed by atoms with Crippen LogP contribution in [0.5, 0.6) is 0 Å². The minimum absolute atomic E-state index is 0.0260. The number of halogens is 1. The molecule has 1 aromatic heterocycles. The number of benzene rings is 1. The Morgan fingerprint density at radius 1 is 1.56 bits per heavy atom. The molecule has 1 aromatic carbocycles. The molecule has 0 radical (unpaired) electrons. The van der Waals surface area contributed by atoms with E-state index in [0.717, 1.165) is 19.4 Å². The van der Waals surface area contributed by atoms with Gasteiger partial charge < -0.3 is 14.8 Å². The van der Waals surface area contributed by atoms with Crippen molar-refractivity contribution in [3.63, 3.8) is 0 Å². The van der Waals surface area contributed by atoms with Gasteiger partial charge >= 0.3 is 0 Å². The van der Waals surface area contributed by atoms with Crippen LogP contribution >= 0.6 is 0 Å². The van der Waals surface area contributed by atoms with Gasteiger partial charge in [0.1, 0.15) is 11.9 Å². The zero-order chi connectivity index (χ0) is 17.8. The first-order valence-electron chi connectivity index (χ1n) is 8.13. The van der Waals surface area contributed by atoms with Crippen molar-refractivity contribution in [3.8, 4) is 5.69 Å². The lowest BCUT2D eigenvalue weighted by Gasteiger charge is -2.16. The average molecular weight is 349 g/mol. The summed E-state index contributed by atoms with van der Waals surface area (Å²) < 4.78 is 26.5. The second-order valence-electron chi connectivity index (χ2n) is 5.90. The molecule has 2 atom stereocenters. The summed E-state index contributed by atoms with van der Waals surface area (Å²) >= 11 is 0. The molecule has 1 aliphatic heterocycles. The maximum Gasteiger partial charge on any atom is 0.253 e. The van der Waals surface area contributed by atoms with Gasteiger partial charge in [-0.1, -0.05) is 0 Å². The first kappa shape index (κ1) is 17.4. The summed E-state index contributed by atoms with van der Waals surface area (Å²) in [6, 6.07) is 4.26. The van der Waals surface area contributed by atoms with Crippen LogP contribution in [0.2, 0.25) is 0 Å². The summed E-state index contributed by atoms with van der Waals surface area (Å²) in [6.45, 7) is 4.42. The fourth-order valence-corrected chi connectivity index (χ4v) is 2.55. The van der Waals surface area contributed by atoms with E-state index >= 15 is 0 Å². The molecular weight excluding hydrogens is 329 g/mol. The first-order chi connectivity index (χ1) is 12.0. The highest BCUT2D eigenvalue weighted by atomic mass is 19.1. The van der Waals surface area contributed by atoms with Crippen molar-refractivity contribution in [1.29, 1.82) is 0 Å². The van der Waals surface area contributed by atoms with E-state index in [1.807, 2.05) is 0 Å². The normalized spacial score (nSPS) is 18.3. The highest BCUT2D eigenvalue weighted by Crippen LogP contribution is 2.20. The Labute approximate surface area is 144 Å². The molecule has 134 valence electrons. The largest absolute Gasteiger partial charge is 0.376 e. The molecule has 1 N–H and O–H groups in total. The lowest BCUT2D eigenvalue weighted by Crippen LogP contribution is -2.30. The van der Waals surface area contributed by atoms with Crippen LogP contribution < -0.4 is 5.32 Å². The van der Waals surface area contributed by atoms with E-state index in [4.69, 9.17) is 9.47 Å². The van der Waals surface area contributed by atoms with Gasteiger partial charge in [0.15, 0.2) is 5.82 Å². The highest BCUT2D eigenvalue weighted by Gasteiger charge is 2.21. The van der Waals surface area contributed by atoms with Crippen LogP contribution in [0, 0.1) is 12.7 Å². The molecule has 0 aliphatic carbocycles.